The first-order valence-electron chi connectivity index (χ1n) is 10.6. The van der Waals surface area contributed by atoms with Gasteiger partial charge in [-0.15, -0.1) is 0 Å². The van der Waals surface area contributed by atoms with E-state index in [0.29, 0.717) is 6.54 Å². The van der Waals surface area contributed by atoms with E-state index in [4.69, 9.17) is 4.74 Å². The van der Waals surface area contributed by atoms with Crippen LogP contribution < -0.4 is 16.0 Å². The summed E-state index contributed by atoms with van der Waals surface area (Å²) >= 11 is 0. The molecule has 1 aliphatic heterocycles. The second-order valence-electron chi connectivity index (χ2n) is 7.87. The minimum atomic E-state index is -0.623. The van der Waals surface area contributed by atoms with Crippen LogP contribution in [0.5, 0.6) is 0 Å². The van der Waals surface area contributed by atoms with Crippen LogP contribution in [0, 0.1) is 5.82 Å². The zero-order valence-corrected chi connectivity index (χ0v) is 17.0. The number of carbonyl (C=O) groups is 2. The minimum Gasteiger partial charge on any atom is -0.394 e. The molecule has 1 saturated carbocycles. The normalized spacial score (nSPS) is 24.3. The average molecular weight is 419 g/mol. The van der Waals surface area contributed by atoms with Crippen molar-refractivity contribution in [3.63, 3.8) is 0 Å². The van der Waals surface area contributed by atoms with Gasteiger partial charge in [-0.3, -0.25) is 4.79 Å². The van der Waals surface area contributed by atoms with Crippen molar-refractivity contribution < 1.29 is 23.8 Å². The van der Waals surface area contributed by atoms with Gasteiger partial charge in [0.15, 0.2) is 0 Å². The molecular weight excluding hydrogens is 389 g/mol. The Morgan fingerprint density at radius 2 is 1.80 bits per heavy atom. The molecular formula is C22H30FN3O4. The molecule has 0 bridgehead atoms. The fourth-order valence-corrected chi connectivity index (χ4v) is 3.82. The molecule has 3 atom stereocenters. The highest BCUT2D eigenvalue weighted by molar-refractivity contribution is 5.77. The zero-order valence-electron chi connectivity index (χ0n) is 17.0. The van der Waals surface area contributed by atoms with Crippen molar-refractivity contribution in [2.45, 2.75) is 69.4 Å². The number of nitrogens with one attached hydrogen (secondary N) is 3. The third kappa shape index (κ3) is 6.81. The van der Waals surface area contributed by atoms with Gasteiger partial charge in [0.2, 0.25) is 5.91 Å². The van der Waals surface area contributed by atoms with Crippen molar-refractivity contribution in [3.8, 4) is 0 Å². The van der Waals surface area contributed by atoms with E-state index < -0.39 is 18.2 Å². The Morgan fingerprint density at radius 1 is 1.07 bits per heavy atom. The van der Waals surface area contributed by atoms with Gasteiger partial charge in [-0.1, -0.05) is 43.5 Å². The van der Waals surface area contributed by atoms with Gasteiger partial charge in [-0.25, -0.2) is 9.18 Å². The highest BCUT2D eigenvalue weighted by atomic mass is 19.1. The molecule has 1 aromatic rings. The molecule has 4 N–H and O–H groups in total. The number of ether oxygens (including phenoxy) is 1. The maximum Gasteiger partial charge on any atom is 0.315 e. The van der Waals surface area contributed by atoms with E-state index in [2.05, 4.69) is 16.0 Å². The van der Waals surface area contributed by atoms with E-state index >= 15 is 0 Å². The molecule has 30 heavy (non-hydrogen) atoms. The van der Waals surface area contributed by atoms with Gasteiger partial charge < -0.3 is 25.8 Å². The van der Waals surface area contributed by atoms with Crippen molar-refractivity contribution >= 4 is 11.9 Å². The predicted octanol–water partition coefficient (Wildman–Crippen LogP) is 2.15. The first-order valence-corrected chi connectivity index (χ1v) is 10.6. The summed E-state index contributed by atoms with van der Waals surface area (Å²) in [5.74, 6) is -0.538. The quantitative estimate of drug-likeness (QED) is 0.509. The van der Waals surface area contributed by atoms with Crippen LogP contribution in [0.15, 0.2) is 36.4 Å². The summed E-state index contributed by atoms with van der Waals surface area (Å²) in [6, 6.07) is 5.38. The third-order valence-corrected chi connectivity index (χ3v) is 5.49. The smallest absolute Gasteiger partial charge is 0.315 e. The topological polar surface area (TPSA) is 99.7 Å². The number of hydrogen-bond donors (Lipinski definition) is 4. The fourth-order valence-electron chi connectivity index (χ4n) is 3.82. The van der Waals surface area contributed by atoms with E-state index in [9.17, 15) is 19.1 Å². The number of urea groups is 1. The lowest BCUT2D eigenvalue weighted by Gasteiger charge is -2.32. The molecule has 0 spiro atoms. The van der Waals surface area contributed by atoms with Crippen molar-refractivity contribution in [2.75, 3.05) is 6.61 Å². The monoisotopic (exact) mass is 419 g/mol. The van der Waals surface area contributed by atoms with Crippen molar-refractivity contribution in [1.82, 2.24) is 16.0 Å². The number of carbonyl (C=O) groups excluding carboxylic acids is 2. The van der Waals surface area contributed by atoms with E-state index in [-0.39, 0.29) is 36.8 Å². The van der Waals surface area contributed by atoms with Crippen LogP contribution in [0.1, 0.15) is 44.1 Å². The van der Waals surface area contributed by atoms with Gasteiger partial charge in [-0.2, -0.15) is 0 Å². The van der Waals surface area contributed by atoms with Crippen molar-refractivity contribution in [2.24, 2.45) is 0 Å². The Bertz CT molecular complexity index is 734. The van der Waals surface area contributed by atoms with E-state index in [1.54, 1.807) is 24.3 Å². The number of benzene rings is 1. The molecule has 164 valence electrons. The van der Waals surface area contributed by atoms with Crippen molar-refractivity contribution in [1.29, 1.82) is 0 Å². The lowest BCUT2D eigenvalue weighted by Crippen LogP contribution is -2.53. The van der Waals surface area contributed by atoms with Crippen LogP contribution in [0.3, 0.4) is 0 Å². The Kier molecular flexibility index (Phi) is 8.21. The molecule has 0 radical (unpaired) electrons. The third-order valence-electron chi connectivity index (χ3n) is 5.49. The Hall–Kier alpha value is -2.45. The largest absolute Gasteiger partial charge is 0.394 e. The van der Waals surface area contributed by atoms with Gasteiger partial charge in [-0.05, 0) is 30.5 Å². The van der Waals surface area contributed by atoms with Gasteiger partial charge in [0, 0.05) is 12.6 Å². The first kappa shape index (κ1) is 22.2. The first-order chi connectivity index (χ1) is 14.5. The maximum atomic E-state index is 12.9. The summed E-state index contributed by atoms with van der Waals surface area (Å²) in [6.07, 6.45) is 7.92. The number of aliphatic hydroxyl groups excluding tert-OH is 1. The van der Waals surface area contributed by atoms with E-state index in [1.807, 2.05) is 0 Å². The lowest BCUT2D eigenvalue weighted by molar-refractivity contribution is -0.125. The molecule has 3 amide bonds. The summed E-state index contributed by atoms with van der Waals surface area (Å²) in [7, 11) is 0. The average Bonchev–Trinajstić information content (AvgIpc) is 2.75. The molecule has 0 unspecified atom stereocenters. The van der Waals surface area contributed by atoms with Crippen LogP contribution in [0.4, 0.5) is 9.18 Å². The minimum absolute atomic E-state index is 0.0924. The Morgan fingerprint density at radius 3 is 2.50 bits per heavy atom. The number of aliphatic hydroxyl groups is 1. The number of hydrogen-bond acceptors (Lipinski definition) is 4. The summed E-state index contributed by atoms with van der Waals surface area (Å²) in [6.45, 7) is 0.0247. The van der Waals surface area contributed by atoms with E-state index in [0.717, 1.165) is 31.2 Å². The zero-order chi connectivity index (χ0) is 21.3. The van der Waals surface area contributed by atoms with Crippen LogP contribution in [0.25, 0.3) is 0 Å². The molecule has 1 fully saturated rings. The number of halogens is 1. The van der Waals surface area contributed by atoms with Crippen LogP contribution in [0.2, 0.25) is 0 Å². The molecule has 1 heterocycles. The SMILES string of the molecule is O=C(C[C@@H]1C=C[C@H](NC(=O)NC2CCCCC2)[C@@H](CO)O1)NCc1ccc(F)cc1. The molecule has 3 rings (SSSR count). The second kappa shape index (κ2) is 11.1. The second-order valence-corrected chi connectivity index (χ2v) is 7.87. The Labute approximate surface area is 176 Å². The highest BCUT2D eigenvalue weighted by Crippen LogP contribution is 2.18. The molecule has 0 aromatic heterocycles. The number of rotatable bonds is 7. The van der Waals surface area contributed by atoms with Gasteiger partial charge in [0.1, 0.15) is 11.9 Å². The van der Waals surface area contributed by atoms with Gasteiger partial charge in [0.05, 0.1) is 25.2 Å². The highest BCUT2D eigenvalue weighted by Gasteiger charge is 2.29. The maximum absolute atomic E-state index is 12.9. The lowest BCUT2D eigenvalue weighted by atomic mass is 9.96. The fraction of sp³-hybridized carbons (Fsp3) is 0.545. The van der Waals surface area contributed by atoms with Crippen LogP contribution in [-0.2, 0) is 16.1 Å². The molecule has 2 aliphatic rings. The standard InChI is InChI=1S/C22H30FN3O4/c23-16-8-6-15(7-9-16)13-24-21(28)12-18-10-11-19(20(14-27)30-18)26-22(29)25-17-4-2-1-3-5-17/h6-11,17-20,27H,1-5,12-14H2,(H,24,28)(H2,25,26,29)/t18-,19-,20+/m0/s1. The summed E-state index contributed by atoms with van der Waals surface area (Å²) in [5.41, 5.74) is 0.798. The summed E-state index contributed by atoms with van der Waals surface area (Å²) in [4.78, 5) is 24.4. The summed E-state index contributed by atoms with van der Waals surface area (Å²) in [5, 5.41) is 18.3. The Balaban J connectivity index is 1.44. The van der Waals surface area contributed by atoms with Gasteiger partial charge in [0.25, 0.3) is 0 Å². The predicted molar refractivity (Wildman–Crippen MR) is 110 cm³/mol. The molecule has 7 nitrogen and oxygen atoms in total. The van der Waals surface area contributed by atoms with E-state index in [1.165, 1.54) is 18.6 Å². The molecule has 1 aromatic carbocycles. The van der Waals surface area contributed by atoms with Crippen LogP contribution in [-0.4, -0.2) is 47.9 Å². The molecule has 1 aliphatic carbocycles. The molecule has 8 heteroatoms. The number of amides is 3. The van der Waals surface area contributed by atoms with Gasteiger partial charge >= 0.3 is 6.03 Å². The molecule has 0 saturated heterocycles. The van der Waals surface area contributed by atoms with Crippen molar-refractivity contribution in [3.05, 3.63) is 47.8 Å². The summed E-state index contributed by atoms with van der Waals surface area (Å²) < 4.78 is 18.7. The van der Waals surface area contributed by atoms with Crippen LogP contribution >= 0.6 is 0 Å².